The molecular weight excluding hydrogens is 202 g/mol. The molecule has 0 aliphatic rings. The van der Waals surface area contributed by atoms with Crippen LogP contribution in [0.2, 0.25) is 0 Å². The number of aryl methyl sites for hydroxylation is 1. The van der Waals surface area contributed by atoms with E-state index in [0.717, 1.165) is 17.1 Å². The van der Waals surface area contributed by atoms with Crippen LogP contribution in [-0.2, 0) is 0 Å². The second-order valence-corrected chi connectivity index (χ2v) is 2.97. The number of hydrogen-bond donors (Lipinski definition) is 1. The highest BCUT2D eigenvalue weighted by Crippen LogP contribution is 2.18. The van der Waals surface area contributed by atoms with Crippen molar-refractivity contribution in [2.75, 3.05) is 7.11 Å². The van der Waals surface area contributed by atoms with Gasteiger partial charge in [-0.3, -0.25) is 5.10 Å². The van der Waals surface area contributed by atoms with Gasteiger partial charge in [0, 0.05) is 6.99 Å². The summed E-state index contributed by atoms with van der Waals surface area (Å²) in [6.45, 7) is 5.88. The highest BCUT2D eigenvalue weighted by molar-refractivity contribution is 5.55. The number of benzene rings is 1. The number of hydrogen-bond acceptors (Lipinski definition) is 3. The number of aromatic amines is 1. The Morgan fingerprint density at radius 3 is 2.25 bits per heavy atom. The van der Waals surface area contributed by atoms with Crippen molar-refractivity contribution in [2.24, 2.45) is 0 Å². The third kappa shape index (κ3) is 2.82. The van der Waals surface area contributed by atoms with E-state index in [9.17, 15) is 0 Å². The Bertz CT molecular complexity index is 426. The molecule has 1 heterocycles. The summed E-state index contributed by atoms with van der Waals surface area (Å²) in [4.78, 5) is 4.23. The number of rotatable bonds is 2. The highest BCUT2D eigenvalue weighted by atomic mass is 16.5. The van der Waals surface area contributed by atoms with Crippen LogP contribution in [0.5, 0.6) is 5.75 Å². The zero-order valence-corrected chi connectivity index (χ0v) is 10.1. The van der Waals surface area contributed by atoms with Gasteiger partial charge in [0.05, 0.1) is 7.11 Å². The van der Waals surface area contributed by atoms with Crippen molar-refractivity contribution in [3.05, 3.63) is 30.1 Å². The van der Waals surface area contributed by atoms with Crippen molar-refractivity contribution in [1.29, 1.82) is 0 Å². The second-order valence-electron chi connectivity index (χ2n) is 2.97. The molecule has 88 valence electrons. The maximum Gasteiger partial charge on any atom is 0.181 e. The van der Waals surface area contributed by atoms with Gasteiger partial charge in [0.2, 0.25) is 0 Å². The van der Waals surface area contributed by atoms with Crippen molar-refractivity contribution in [1.82, 2.24) is 15.2 Å². The monoisotopic (exact) mass is 221 g/mol. The third-order valence-electron chi connectivity index (χ3n) is 1.95. The normalized spacial score (nSPS) is 9.25. The minimum Gasteiger partial charge on any atom is -0.497 e. The first-order valence-electron chi connectivity index (χ1n) is 5.33. The molecule has 0 atom stereocenters. The van der Waals surface area contributed by atoms with Gasteiger partial charge in [-0.25, -0.2) is 4.98 Å². The Hall–Kier alpha value is -1.84. The highest BCUT2D eigenvalue weighted by Gasteiger charge is 2.02. The van der Waals surface area contributed by atoms with Crippen molar-refractivity contribution in [3.8, 4) is 17.1 Å². The van der Waals surface area contributed by atoms with Gasteiger partial charge < -0.3 is 4.74 Å². The van der Waals surface area contributed by atoms with Crippen LogP contribution < -0.4 is 4.74 Å². The fraction of sp³-hybridized carbons (Fsp3) is 0.333. The quantitative estimate of drug-likeness (QED) is 0.847. The summed E-state index contributed by atoms with van der Waals surface area (Å²) >= 11 is 0. The van der Waals surface area contributed by atoms with Gasteiger partial charge in [-0.2, -0.15) is 5.10 Å². The Kier molecular flexibility index (Phi) is 4.51. The molecule has 0 bridgehead atoms. The van der Waals surface area contributed by atoms with Crippen molar-refractivity contribution in [3.63, 3.8) is 0 Å². The van der Waals surface area contributed by atoms with Gasteiger partial charge in [-0.05, 0) is 31.2 Å². The predicted molar refractivity (Wildman–Crippen MR) is 66.6 cm³/mol. The molecule has 0 amide bonds. The van der Waals surface area contributed by atoms with Crippen molar-refractivity contribution in [2.45, 2.75) is 20.8 Å². The Labute approximate surface area is 97.2 Å². The number of methoxy groups -OCH3 is 1. The standard InChI is InChI=1S/C10H11N3O.C2H6.H2/c1-7-11-10(13-12-7)8-3-5-9(14-2)6-4-8;1-2;/h3-6H,1-2H3,(H,11,12,13);1-2H3;1H. The minimum absolute atomic E-state index is 0. The number of nitrogens with one attached hydrogen (secondary N) is 1. The van der Waals surface area contributed by atoms with Gasteiger partial charge in [0.1, 0.15) is 11.6 Å². The van der Waals surface area contributed by atoms with Gasteiger partial charge >= 0.3 is 0 Å². The van der Waals surface area contributed by atoms with E-state index >= 15 is 0 Å². The number of nitrogens with zero attached hydrogens (tertiary/aromatic N) is 2. The Balaban J connectivity index is 0.000000811. The van der Waals surface area contributed by atoms with Gasteiger partial charge in [-0.1, -0.05) is 13.8 Å². The average Bonchev–Trinajstić information content (AvgIpc) is 2.79. The summed E-state index contributed by atoms with van der Waals surface area (Å²) in [7, 11) is 1.64. The molecule has 0 spiro atoms. The SMILES string of the molecule is CC.COc1ccc(-c2n[nH]c(C)n2)cc1.[HH]. The topological polar surface area (TPSA) is 50.8 Å². The Morgan fingerprint density at radius 2 is 1.81 bits per heavy atom. The summed E-state index contributed by atoms with van der Waals surface area (Å²) in [5.74, 6) is 2.36. The van der Waals surface area contributed by atoms with Crippen LogP contribution in [-0.4, -0.2) is 22.3 Å². The molecule has 4 heteroatoms. The molecule has 16 heavy (non-hydrogen) atoms. The maximum absolute atomic E-state index is 5.06. The van der Waals surface area contributed by atoms with E-state index in [1.807, 2.05) is 45.0 Å². The van der Waals surface area contributed by atoms with E-state index in [2.05, 4.69) is 15.2 Å². The first-order valence-corrected chi connectivity index (χ1v) is 5.33. The molecule has 0 saturated carbocycles. The van der Waals surface area contributed by atoms with E-state index in [1.54, 1.807) is 7.11 Å². The zero-order valence-electron chi connectivity index (χ0n) is 10.1. The minimum atomic E-state index is 0. The molecule has 1 aromatic carbocycles. The van der Waals surface area contributed by atoms with Crippen molar-refractivity contribution < 1.29 is 6.16 Å². The molecule has 0 aliphatic heterocycles. The molecule has 2 rings (SSSR count). The molecule has 0 saturated heterocycles. The van der Waals surface area contributed by atoms with E-state index in [0.29, 0.717) is 5.82 Å². The van der Waals surface area contributed by atoms with Crippen LogP contribution in [0.15, 0.2) is 24.3 Å². The average molecular weight is 221 g/mol. The van der Waals surface area contributed by atoms with Crippen LogP contribution in [0.1, 0.15) is 21.1 Å². The molecule has 4 nitrogen and oxygen atoms in total. The maximum atomic E-state index is 5.06. The smallest absolute Gasteiger partial charge is 0.181 e. The van der Waals surface area contributed by atoms with Gasteiger partial charge in [0.15, 0.2) is 5.82 Å². The number of H-pyrrole nitrogens is 1. The van der Waals surface area contributed by atoms with Crippen LogP contribution in [0.4, 0.5) is 0 Å². The molecule has 0 radical (unpaired) electrons. The summed E-state index contributed by atoms with van der Waals surface area (Å²) in [5.41, 5.74) is 0.982. The lowest BCUT2D eigenvalue weighted by Gasteiger charge is -1.99. The fourth-order valence-corrected chi connectivity index (χ4v) is 1.21. The molecule has 1 aromatic heterocycles. The first kappa shape index (κ1) is 12.2. The molecule has 0 fully saturated rings. The van der Waals surface area contributed by atoms with E-state index in [1.165, 1.54) is 0 Å². The summed E-state index contributed by atoms with van der Waals surface area (Å²) in [5, 5.41) is 6.87. The fourth-order valence-electron chi connectivity index (χ4n) is 1.21. The molecular formula is C12H19N3O. The van der Waals surface area contributed by atoms with E-state index in [4.69, 9.17) is 4.74 Å². The van der Waals surface area contributed by atoms with Crippen LogP contribution in [0.25, 0.3) is 11.4 Å². The van der Waals surface area contributed by atoms with Gasteiger partial charge in [0.25, 0.3) is 0 Å². The third-order valence-corrected chi connectivity index (χ3v) is 1.95. The molecule has 1 N–H and O–H groups in total. The van der Waals surface area contributed by atoms with Crippen LogP contribution >= 0.6 is 0 Å². The summed E-state index contributed by atoms with van der Waals surface area (Å²) in [6, 6.07) is 7.64. The Morgan fingerprint density at radius 1 is 1.19 bits per heavy atom. The number of ether oxygens (including phenoxy) is 1. The lowest BCUT2D eigenvalue weighted by molar-refractivity contribution is 0.415. The summed E-state index contributed by atoms with van der Waals surface area (Å²) in [6.07, 6.45) is 0. The lowest BCUT2D eigenvalue weighted by Crippen LogP contribution is -1.84. The number of aromatic nitrogens is 3. The van der Waals surface area contributed by atoms with E-state index in [-0.39, 0.29) is 1.43 Å². The largest absolute Gasteiger partial charge is 0.497 e. The van der Waals surface area contributed by atoms with Crippen LogP contribution in [0.3, 0.4) is 0 Å². The lowest BCUT2D eigenvalue weighted by atomic mass is 10.2. The second kappa shape index (κ2) is 5.90. The first-order chi connectivity index (χ1) is 7.79. The zero-order chi connectivity index (χ0) is 12.0. The van der Waals surface area contributed by atoms with Gasteiger partial charge in [-0.15, -0.1) is 0 Å². The molecule has 2 aromatic rings. The van der Waals surface area contributed by atoms with Crippen molar-refractivity contribution >= 4 is 0 Å². The predicted octanol–water partition coefficient (Wildman–Crippen LogP) is 3.06. The van der Waals surface area contributed by atoms with E-state index < -0.39 is 0 Å². The van der Waals surface area contributed by atoms with Crippen LogP contribution in [0, 0.1) is 6.92 Å². The summed E-state index contributed by atoms with van der Waals surface area (Å²) < 4.78 is 5.06. The molecule has 0 aliphatic carbocycles. The molecule has 0 unspecified atom stereocenters.